The Morgan fingerprint density at radius 1 is 1.38 bits per heavy atom. The van der Waals surface area contributed by atoms with Gasteiger partial charge in [-0.2, -0.15) is 0 Å². The van der Waals surface area contributed by atoms with Crippen LogP contribution in [0.4, 0.5) is 0 Å². The fourth-order valence-electron chi connectivity index (χ4n) is 1.00. The molecular formula is C11H22O5. The van der Waals surface area contributed by atoms with Crippen molar-refractivity contribution in [2.45, 2.75) is 45.3 Å². The highest BCUT2D eigenvalue weighted by Crippen LogP contribution is 2.13. The first-order valence-corrected chi connectivity index (χ1v) is 5.49. The van der Waals surface area contributed by atoms with Gasteiger partial charge < -0.3 is 19.7 Å². The molecule has 0 aliphatic carbocycles. The van der Waals surface area contributed by atoms with Crippen molar-refractivity contribution >= 4 is 5.97 Å². The molecule has 0 aliphatic rings. The quantitative estimate of drug-likeness (QED) is 0.597. The predicted molar refractivity (Wildman–Crippen MR) is 59.0 cm³/mol. The first-order chi connectivity index (χ1) is 7.41. The third kappa shape index (κ3) is 7.62. The molecule has 0 saturated heterocycles. The monoisotopic (exact) mass is 234 g/mol. The van der Waals surface area contributed by atoms with Crippen LogP contribution in [0.2, 0.25) is 0 Å². The van der Waals surface area contributed by atoms with Crippen molar-refractivity contribution in [3.05, 3.63) is 0 Å². The first-order valence-electron chi connectivity index (χ1n) is 5.49. The van der Waals surface area contributed by atoms with Crippen LogP contribution in [0.3, 0.4) is 0 Å². The SMILES string of the molecule is CCC(=O)OCC(O)COC(C)(C)CCO. The lowest BCUT2D eigenvalue weighted by Gasteiger charge is -2.25. The molecule has 1 atom stereocenters. The molecule has 1 unspecified atom stereocenters. The van der Waals surface area contributed by atoms with E-state index in [0.717, 1.165) is 0 Å². The maximum atomic E-state index is 10.8. The van der Waals surface area contributed by atoms with Gasteiger partial charge in [-0.3, -0.25) is 4.79 Å². The van der Waals surface area contributed by atoms with Crippen LogP contribution in [0, 0.1) is 0 Å². The van der Waals surface area contributed by atoms with Crippen molar-refractivity contribution in [3.63, 3.8) is 0 Å². The van der Waals surface area contributed by atoms with Crippen molar-refractivity contribution in [1.82, 2.24) is 0 Å². The molecule has 0 bridgehead atoms. The van der Waals surface area contributed by atoms with Gasteiger partial charge >= 0.3 is 5.97 Å². The Hall–Kier alpha value is -0.650. The largest absolute Gasteiger partial charge is 0.463 e. The summed E-state index contributed by atoms with van der Waals surface area (Å²) in [5.41, 5.74) is -0.482. The maximum absolute atomic E-state index is 10.8. The minimum atomic E-state index is -0.825. The number of carbonyl (C=O) groups is 1. The average molecular weight is 234 g/mol. The van der Waals surface area contributed by atoms with Crippen molar-refractivity contribution in [1.29, 1.82) is 0 Å². The highest BCUT2D eigenvalue weighted by molar-refractivity contribution is 5.68. The van der Waals surface area contributed by atoms with Crippen LogP contribution in [0.25, 0.3) is 0 Å². The molecule has 0 spiro atoms. The minimum Gasteiger partial charge on any atom is -0.463 e. The Kier molecular flexibility index (Phi) is 7.29. The van der Waals surface area contributed by atoms with E-state index in [4.69, 9.17) is 14.6 Å². The summed E-state index contributed by atoms with van der Waals surface area (Å²) in [4.78, 5) is 10.8. The van der Waals surface area contributed by atoms with Crippen molar-refractivity contribution in [2.75, 3.05) is 19.8 Å². The van der Waals surface area contributed by atoms with Crippen LogP contribution in [0.1, 0.15) is 33.6 Å². The van der Waals surface area contributed by atoms with Gasteiger partial charge in [0.1, 0.15) is 12.7 Å². The maximum Gasteiger partial charge on any atom is 0.305 e. The highest BCUT2D eigenvalue weighted by Gasteiger charge is 2.19. The molecule has 0 amide bonds. The second kappa shape index (κ2) is 7.60. The lowest BCUT2D eigenvalue weighted by molar-refractivity contribution is -0.149. The van der Waals surface area contributed by atoms with Crippen LogP contribution >= 0.6 is 0 Å². The highest BCUT2D eigenvalue weighted by atomic mass is 16.6. The molecule has 96 valence electrons. The molecule has 0 aromatic heterocycles. The van der Waals surface area contributed by atoms with E-state index in [1.165, 1.54) is 0 Å². The summed E-state index contributed by atoms with van der Waals surface area (Å²) < 4.78 is 10.2. The van der Waals surface area contributed by atoms with Gasteiger partial charge in [-0.15, -0.1) is 0 Å². The van der Waals surface area contributed by atoms with E-state index in [1.54, 1.807) is 6.92 Å². The summed E-state index contributed by atoms with van der Waals surface area (Å²) >= 11 is 0. The summed E-state index contributed by atoms with van der Waals surface area (Å²) in [6.45, 7) is 5.41. The van der Waals surface area contributed by atoms with Gasteiger partial charge in [-0.05, 0) is 20.3 Å². The summed E-state index contributed by atoms with van der Waals surface area (Å²) in [5, 5.41) is 18.2. The summed E-state index contributed by atoms with van der Waals surface area (Å²) in [7, 11) is 0. The molecule has 0 rings (SSSR count). The van der Waals surface area contributed by atoms with Crippen LogP contribution < -0.4 is 0 Å². The minimum absolute atomic E-state index is 0.0356. The molecule has 0 heterocycles. The lowest BCUT2D eigenvalue weighted by atomic mass is 10.1. The summed E-state index contributed by atoms with van der Waals surface area (Å²) in [6.07, 6.45) is -0.0358. The molecule has 5 heteroatoms. The molecule has 0 radical (unpaired) electrons. The van der Waals surface area contributed by atoms with Gasteiger partial charge in [-0.1, -0.05) is 6.92 Å². The molecule has 16 heavy (non-hydrogen) atoms. The van der Waals surface area contributed by atoms with Gasteiger partial charge in [0.2, 0.25) is 0 Å². The normalized spacial score (nSPS) is 13.6. The van der Waals surface area contributed by atoms with Crippen molar-refractivity contribution in [3.8, 4) is 0 Å². The summed E-state index contributed by atoms with van der Waals surface area (Å²) in [5.74, 6) is -0.339. The smallest absolute Gasteiger partial charge is 0.305 e. The van der Waals surface area contributed by atoms with Gasteiger partial charge in [0.15, 0.2) is 0 Å². The Morgan fingerprint density at radius 3 is 2.50 bits per heavy atom. The Morgan fingerprint density at radius 2 is 2.00 bits per heavy atom. The molecule has 5 nitrogen and oxygen atoms in total. The first kappa shape index (κ1) is 15.3. The zero-order chi connectivity index (χ0) is 12.6. The zero-order valence-electron chi connectivity index (χ0n) is 10.2. The number of carbonyl (C=O) groups excluding carboxylic acids is 1. The van der Waals surface area contributed by atoms with Crippen LogP contribution in [0.15, 0.2) is 0 Å². The van der Waals surface area contributed by atoms with Crippen LogP contribution in [-0.2, 0) is 14.3 Å². The van der Waals surface area contributed by atoms with E-state index in [9.17, 15) is 9.90 Å². The molecule has 0 aromatic rings. The average Bonchev–Trinajstić information content (AvgIpc) is 2.23. The Bertz CT molecular complexity index is 203. The van der Waals surface area contributed by atoms with E-state index < -0.39 is 11.7 Å². The number of hydrogen-bond donors (Lipinski definition) is 2. The van der Waals surface area contributed by atoms with Crippen molar-refractivity contribution < 1.29 is 24.5 Å². The molecular weight excluding hydrogens is 212 g/mol. The molecule has 0 saturated carbocycles. The van der Waals surface area contributed by atoms with Gasteiger partial charge in [-0.25, -0.2) is 0 Å². The van der Waals surface area contributed by atoms with E-state index >= 15 is 0 Å². The van der Waals surface area contributed by atoms with Crippen LogP contribution in [-0.4, -0.2) is 47.7 Å². The second-order valence-electron chi connectivity index (χ2n) is 4.23. The van der Waals surface area contributed by atoms with Crippen molar-refractivity contribution in [2.24, 2.45) is 0 Å². The molecule has 0 fully saturated rings. The lowest BCUT2D eigenvalue weighted by Crippen LogP contribution is -2.32. The number of esters is 1. The Balaban J connectivity index is 3.72. The van der Waals surface area contributed by atoms with Crippen LogP contribution in [0.5, 0.6) is 0 Å². The van der Waals surface area contributed by atoms with E-state index in [1.807, 2.05) is 13.8 Å². The fourth-order valence-corrected chi connectivity index (χ4v) is 1.00. The molecule has 0 aromatic carbocycles. The van der Waals surface area contributed by atoms with Gasteiger partial charge in [0.25, 0.3) is 0 Å². The van der Waals surface area contributed by atoms with E-state index in [0.29, 0.717) is 12.8 Å². The predicted octanol–water partition coefficient (Wildman–Crippen LogP) is 0.478. The second-order valence-corrected chi connectivity index (χ2v) is 4.23. The fraction of sp³-hybridized carbons (Fsp3) is 0.909. The number of ether oxygens (including phenoxy) is 2. The summed E-state index contributed by atoms with van der Waals surface area (Å²) in [6, 6.07) is 0. The zero-order valence-corrected chi connectivity index (χ0v) is 10.2. The number of rotatable bonds is 8. The third-order valence-electron chi connectivity index (χ3n) is 2.11. The number of hydrogen-bond acceptors (Lipinski definition) is 5. The van der Waals surface area contributed by atoms with Gasteiger partial charge in [0.05, 0.1) is 12.2 Å². The molecule has 2 N–H and O–H groups in total. The standard InChI is InChI=1S/C11H22O5/c1-4-10(14)15-7-9(13)8-16-11(2,3)5-6-12/h9,12-13H,4-8H2,1-3H3. The topological polar surface area (TPSA) is 76.0 Å². The van der Waals surface area contributed by atoms with E-state index in [2.05, 4.69) is 0 Å². The van der Waals surface area contributed by atoms with E-state index in [-0.39, 0.29) is 25.8 Å². The number of aliphatic hydroxyl groups is 2. The third-order valence-corrected chi connectivity index (χ3v) is 2.11. The Labute approximate surface area is 96.4 Å². The molecule has 0 aliphatic heterocycles. The number of aliphatic hydroxyl groups excluding tert-OH is 2. The van der Waals surface area contributed by atoms with Gasteiger partial charge in [0, 0.05) is 13.0 Å².